The number of allylic oxidation sites excluding steroid dienone is 8. The minimum Gasteiger partial charge on any atom is -0.310 e. The van der Waals surface area contributed by atoms with Crippen molar-refractivity contribution in [1.29, 1.82) is 0 Å². The van der Waals surface area contributed by atoms with E-state index in [1.165, 1.54) is 84.3 Å². The van der Waals surface area contributed by atoms with E-state index in [1.807, 2.05) is 0 Å². The Balaban J connectivity index is 0.00000147. The fourth-order valence-corrected chi connectivity index (χ4v) is 8.78. The first-order chi connectivity index (χ1) is 27.8. The van der Waals surface area contributed by atoms with Crippen molar-refractivity contribution in [2.45, 2.75) is 79.1 Å². The van der Waals surface area contributed by atoms with Crippen molar-refractivity contribution in [3.8, 4) is 33.4 Å². The van der Waals surface area contributed by atoms with Crippen LogP contribution in [-0.4, -0.2) is 0 Å². The van der Waals surface area contributed by atoms with Gasteiger partial charge >= 0.3 is 0 Å². The minimum atomic E-state index is -0.0560. The zero-order valence-electron chi connectivity index (χ0n) is 34.6. The number of anilines is 3. The second-order valence-corrected chi connectivity index (χ2v) is 16.4. The molecule has 0 aliphatic heterocycles. The average Bonchev–Trinajstić information content (AvgIpc) is 3.47. The van der Waals surface area contributed by atoms with Crippen molar-refractivity contribution < 1.29 is 0 Å². The maximum absolute atomic E-state index is 2.44. The van der Waals surface area contributed by atoms with Crippen LogP contribution in [0.25, 0.3) is 44.5 Å². The fourth-order valence-electron chi connectivity index (χ4n) is 8.78. The van der Waals surface area contributed by atoms with E-state index in [1.54, 1.807) is 0 Å². The Morgan fingerprint density at radius 2 is 1.16 bits per heavy atom. The molecule has 0 unspecified atom stereocenters. The largest absolute Gasteiger partial charge is 0.310 e. The maximum Gasteiger partial charge on any atom is 0.0467 e. The zero-order chi connectivity index (χ0) is 39.5. The van der Waals surface area contributed by atoms with Crippen LogP contribution in [0.1, 0.15) is 94.5 Å². The first-order valence-electron chi connectivity index (χ1n) is 21.0. The molecule has 0 atom stereocenters. The van der Waals surface area contributed by atoms with Gasteiger partial charge in [-0.05, 0) is 166 Å². The van der Waals surface area contributed by atoms with Gasteiger partial charge in [-0.25, -0.2) is 0 Å². The van der Waals surface area contributed by atoms with Crippen LogP contribution >= 0.6 is 0 Å². The van der Waals surface area contributed by atoms with Gasteiger partial charge in [0.15, 0.2) is 0 Å². The Labute approximate surface area is 341 Å². The summed E-state index contributed by atoms with van der Waals surface area (Å²) in [6.07, 6.45) is 17.4. The van der Waals surface area contributed by atoms with E-state index in [4.69, 9.17) is 0 Å². The van der Waals surface area contributed by atoms with E-state index >= 15 is 0 Å². The molecular formula is C56H55N. The highest BCUT2D eigenvalue weighted by molar-refractivity contribution is 5.88. The van der Waals surface area contributed by atoms with E-state index in [9.17, 15) is 0 Å². The molecular weight excluding hydrogens is 687 g/mol. The summed E-state index contributed by atoms with van der Waals surface area (Å²) in [6.45, 7) is 13.5. The van der Waals surface area contributed by atoms with Gasteiger partial charge < -0.3 is 4.90 Å². The second kappa shape index (κ2) is 16.3. The lowest BCUT2D eigenvalue weighted by atomic mass is 9.81. The summed E-state index contributed by atoms with van der Waals surface area (Å²) in [6, 6.07) is 49.9. The highest BCUT2D eigenvalue weighted by Crippen LogP contribution is 2.51. The van der Waals surface area contributed by atoms with Crippen molar-refractivity contribution >= 4 is 28.2 Å². The number of aryl methyl sites for hydroxylation is 1. The van der Waals surface area contributed by atoms with Crippen molar-refractivity contribution in [2.24, 2.45) is 0 Å². The average molecular weight is 742 g/mol. The van der Waals surface area contributed by atoms with Crippen LogP contribution in [0.15, 0.2) is 169 Å². The first-order valence-corrected chi connectivity index (χ1v) is 21.0. The quantitative estimate of drug-likeness (QED) is 0.157. The van der Waals surface area contributed by atoms with E-state index in [0.717, 1.165) is 42.7 Å². The van der Waals surface area contributed by atoms with Crippen molar-refractivity contribution in [2.75, 3.05) is 4.90 Å². The number of hydrogen-bond donors (Lipinski definition) is 0. The van der Waals surface area contributed by atoms with Crippen molar-refractivity contribution in [1.82, 2.24) is 0 Å². The molecule has 0 fully saturated rings. The third-order valence-corrected chi connectivity index (χ3v) is 11.9. The van der Waals surface area contributed by atoms with Gasteiger partial charge in [-0.2, -0.15) is 0 Å². The molecule has 0 N–H and O–H groups in total. The van der Waals surface area contributed by atoms with Crippen LogP contribution in [0, 0.1) is 6.92 Å². The summed E-state index contributed by atoms with van der Waals surface area (Å²) in [5, 5.41) is 0. The Bertz CT molecular complexity index is 2540. The normalized spacial score (nSPS) is 15.0. The molecule has 0 aromatic heterocycles. The Morgan fingerprint density at radius 1 is 0.509 bits per heavy atom. The summed E-state index contributed by atoms with van der Waals surface area (Å²) >= 11 is 0. The van der Waals surface area contributed by atoms with Crippen LogP contribution in [0.5, 0.6) is 0 Å². The molecule has 1 nitrogen and oxygen atoms in total. The van der Waals surface area contributed by atoms with Crippen LogP contribution in [0.3, 0.4) is 0 Å². The summed E-state index contributed by atoms with van der Waals surface area (Å²) in [7, 11) is 0. The molecule has 0 spiro atoms. The van der Waals surface area contributed by atoms with Gasteiger partial charge in [0.1, 0.15) is 0 Å². The van der Waals surface area contributed by atoms with E-state index in [-0.39, 0.29) is 5.41 Å². The van der Waals surface area contributed by atoms with Crippen LogP contribution in [0.4, 0.5) is 17.1 Å². The number of rotatable bonds is 7. The Kier molecular flexibility index (Phi) is 10.8. The van der Waals surface area contributed by atoms with Crippen molar-refractivity contribution in [3.63, 3.8) is 0 Å². The minimum absolute atomic E-state index is 0.0560. The molecule has 0 amide bonds. The van der Waals surface area contributed by atoms with Gasteiger partial charge in [0, 0.05) is 22.5 Å². The lowest BCUT2D eigenvalue weighted by Gasteiger charge is -2.26. The molecule has 284 valence electrons. The Morgan fingerprint density at radius 3 is 1.91 bits per heavy atom. The lowest BCUT2D eigenvalue weighted by Crippen LogP contribution is -2.15. The SMILES string of the molecule is CC1=C(c2cc(-c3ccc(N(c4ccccc4)c4cccc(-c5ccc6c(c5)-c5ccc(C7=CCCC=C7)cc5C6(C)C)c4)cc3)ccc2C)C=CCC1.CCC. The van der Waals surface area contributed by atoms with Gasteiger partial charge in [-0.1, -0.05) is 149 Å². The molecule has 0 bridgehead atoms. The van der Waals surface area contributed by atoms with Gasteiger partial charge in [-0.15, -0.1) is 0 Å². The molecule has 6 aromatic rings. The standard InChI is InChI=1S/C53H47N.C3H8/c1-36-14-11-12-21-47(36)49-33-41(23-22-37(49)2)39-24-28-45(29-25-39)54(44-18-9-6-10-19-44)46-20-13-17-40(32-46)42-27-31-51-50(34-42)48-30-26-43(35-52(48)53(51,3)4)38-15-7-5-8-16-38;1-3-2/h6-7,9-10,12-13,15-35H,5,8,11,14H2,1-4H3;3H2,1-2H3. The summed E-state index contributed by atoms with van der Waals surface area (Å²) in [5.41, 5.74) is 21.9. The van der Waals surface area contributed by atoms with Crippen LogP contribution in [0.2, 0.25) is 0 Å². The van der Waals surface area contributed by atoms with Gasteiger partial charge in [-0.3, -0.25) is 0 Å². The summed E-state index contributed by atoms with van der Waals surface area (Å²) < 4.78 is 0. The molecule has 0 saturated heterocycles. The second-order valence-electron chi connectivity index (χ2n) is 16.4. The van der Waals surface area contributed by atoms with E-state index in [0.29, 0.717) is 0 Å². The number of benzene rings is 6. The lowest BCUT2D eigenvalue weighted by molar-refractivity contribution is 0.660. The molecule has 57 heavy (non-hydrogen) atoms. The monoisotopic (exact) mass is 741 g/mol. The number of fused-ring (bicyclic) bond motifs is 3. The molecule has 0 heterocycles. The molecule has 0 radical (unpaired) electrons. The van der Waals surface area contributed by atoms with E-state index < -0.39 is 0 Å². The third kappa shape index (κ3) is 7.52. The van der Waals surface area contributed by atoms with E-state index in [2.05, 4.69) is 210 Å². The van der Waals surface area contributed by atoms with Crippen LogP contribution < -0.4 is 4.90 Å². The summed E-state index contributed by atoms with van der Waals surface area (Å²) in [5.74, 6) is 0. The number of hydrogen-bond acceptors (Lipinski definition) is 1. The zero-order valence-corrected chi connectivity index (χ0v) is 34.6. The van der Waals surface area contributed by atoms with Crippen LogP contribution in [-0.2, 0) is 5.41 Å². The molecule has 9 rings (SSSR count). The topological polar surface area (TPSA) is 3.24 Å². The molecule has 0 saturated carbocycles. The fraction of sp³-hybridized carbons (Fsp3) is 0.214. The van der Waals surface area contributed by atoms with Gasteiger partial charge in [0.05, 0.1) is 0 Å². The molecule has 3 aliphatic rings. The number of nitrogens with zero attached hydrogens (tertiary/aromatic N) is 1. The third-order valence-electron chi connectivity index (χ3n) is 11.9. The summed E-state index contributed by atoms with van der Waals surface area (Å²) in [4.78, 5) is 2.37. The molecule has 3 aliphatic carbocycles. The highest BCUT2D eigenvalue weighted by atomic mass is 15.1. The first kappa shape index (κ1) is 38.0. The molecule has 6 aromatic carbocycles. The maximum atomic E-state index is 2.44. The predicted octanol–water partition coefficient (Wildman–Crippen LogP) is 16.4. The molecule has 1 heteroatoms. The van der Waals surface area contributed by atoms with Gasteiger partial charge in [0.2, 0.25) is 0 Å². The Hall–Kier alpha value is -5.92. The highest BCUT2D eigenvalue weighted by Gasteiger charge is 2.36. The predicted molar refractivity (Wildman–Crippen MR) is 248 cm³/mol. The van der Waals surface area contributed by atoms with Gasteiger partial charge in [0.25, 0.3) is 0 Å². The number of para-hydroxylation sites is 1. The van der Waals surface area contributed by atoms with Crippen molar-refractivity contribution in [3.05, 3.63) is 197 Å². The smallest absolute Gasteiger partial charge is 0.0467 e.